The topological polar surface area (TPSA) is 75.4 Å². The lowest BCUT2D eigenvalue weighted by molar-refractivity contribution is -0.130. The van der Waals surface area contributed by atoms with Gasteiger partial charge in [0.25, 0.3) is 0 Å². The molecule has 0 heterocycles. The van der Waals surface area contributed by atoms with Crippen molar-refractivity contribution in [2.75, 3.05) is 6.61 Å². The molecule has 0 aliphatic heterocycles. The maximum Gasteiger partial charge on any atom is 0.240 e. The highest BCUT2D eigenvalue weighted by Gasteiger charge is 2.40. The number of nitrogens with two attached hydrogens (primary N) is 1. The zero-order valence-corrected chi connectivity index (χ0v) is 10.4. The van der Waals surface area contributed by atoms with E-state index in [0.717, 1.165) is 24.8 Å². The summed E-state index contributed by atoms with van der Waals surface area (Å²) in [5.41, 5.74) is 6.34. The number of carbonyl (C=O) groups excluding carboxylic acids is 1. The summed E-state index contributed by atoms with van der Waals surface area (Å²) in [4.78, 5) is 12.0. The summed E-state index contributed by atoms with van der Waals surface area (Å²) in [5, 5.41) is 12.2. The highest BCUT2D eigenvalue weighted by Crippen LogP contribution is 2.29. The van der Waals surface area contributed by atoms with Gasteiger partial charge in [-0.1, -0.05) is 30.3 Å². The van der Waals surface area contributed by atoms with Crippen molar-refractivity contribution in [2.45, 2.75) is 37.3 Å². The van der Waals surface area contributed by atoms with Crippen molar-refractivity contribution in [3.05, 3.63) is 35.9 Å². The van der Waals surface area contributed by atoms with E-state index in [1.54, 1.807) is 0 Å². The SMILES string of the molecule is NC1(C(=O)N[C@H](CO)Cc2ccccc2)CCC1. The van der Waals surface area contributed by atoms with Crippen molar-refractivity contribution in [1.82, 2.24) is 5.32 Å². The standard InChI is InChI=1S/C14H20N2O2/c15-14(7-4-8-14)13(18)16-12(10-17)9-11-5-2-1-3-6-11/h1-3,5-6,12,17H,4,7-10,15H2,(H,16,18)/t12-/m0/s1. The van der Waals surface area contributed by atoms with Gasteiger partial charge in [0.05, 0.1) is 18.2 Å². The van der Waals surface area contributed by atoms with Crippen LogP contribution < -0.4 is 11.1 Å². The van der Waals surface area contributed by atoms with E-state index in [2.05, 4.69) is 5.32 Å². The second-order valence-electron chi connectivity index (χ2n) is 5.05. The molecule has 0 unspecified atom stereocenters. The zero-order valence-electron chi connectivity index (χ0n) is 10.4. The lowest BCUT2D eigenvalue weighted by Crippen LogP contribution is -2.60. The van der Waals surface area contributed by atoms with E-state index in [4.69, 9.17) is 5.73 Å². The third-order valence-corrected chi connectivity index (χ3v) is 3.58. The molecule has 1 aromatic rings. The van der Waals surface area contributed by atoms with Gasteiger partial charge < -0.3 is 16.2 Å². The summed E-state index contributed by atoms with van der Waals surface area (Å²) in [6.45, 7) is -0.0727. The Bertz CT molecular complexity index is 402. The lowest BCUT2D eigenvalue weighted by atomic mass is 9.77. The number of aliphatic hydroxyl groups excluding tert-OH is 1. The van der Waals surface area contributed by atoms with Crippen LogP contribution >= 0.6 is 0 Å². The number of aliphatic hydroxyl groups is 1. The largest absolute Gasteiger partial charge is 0.394 e. The van der Waals surface area contributed by atoms with Gasteiger partial charge in [-0.05, 0) is 31.2 Å². The first kappa shape index (κ1) is 13.1. The molecule has 98 valence electrons. The molecule has 1 aliphatic rings. The van der Waals surface area contributed by atoms with Gasteiger partial charge in [0.15, 0.2) is 0 Å². The molecule has 0 aromatic heterocycles. The predicted molar refractivity (Wildman–Crippen MR) is 69.9 cm³/mol. The maximum absolute atomic E-state index is 12.0. The molecule has 1 fully saturated rings. The molecule has 1 aromatic carbocycles. The van der Waals surface area contributed by atoms with Crippen molar-refractivity contribution in [2.24, 2.45) is 5.73 Å². The average Bonchev–Trinajstić information content (AvgIpc) is 2.36. The smallest absolute Gasteiger partial charge is 0.240 e. The third kappa shape index (κ3) is 2.89. The van der Waals surface area contributed by atoms with E-state index in [0.29, 0.717) is 6.42 Å². The normalized spacial score (nSPS) is 18.8. The minimum absolute atomic E-state index is 0.0727. The van der Waals surface area contributed by atoms with Crippen LogP contribution in [-0.4, -0.2) is 29.2 Å². The van der Waals surface area contributed by atoms with E-state index < -0.39 is 5.54 Å². The number of benzene rings is 1. The van der Waals surface area contributed by atoms with Crippen LogP contribution in [0.15, 0.2) is 30.3 Å². The first-order valence-electron chi connectivity index (χ1n) is 6.39. The Morgan fingerprint density at radius 1 is 1.39 bits per heavy atom. The van der Waals surface area contributed by atoms with Crippen LogP contribution in [0.4, 0.5) is 0 Å². The number of rotatable bonds is 5. The molecule has 1 saturated carbocycles. The van der Waals surface area contributed by atoms with Crippen LogP contribution in [0.25, 0.3) is 0 Å². The highest BCUT2D eigenvalue weighted by atomic mass is 16.3. The van der Waals surface area contributed by atoms with E-state index in [1.807, 2.05) is 30.3 Å². The fourth-order valence-corrected chi connectivity index (χ4v) is 2.17. The molecule has 4 nitrogen and oxygen atoms in total. The Morgan fingerprint density at radius 2 is 2.06 bits per heavy atom. The van der Waals surface area contributed by atoms with E-state index in [-0.39, 0.29) is 18.6 Å². The zero-order chi connectivity index (χ0) is 13.0. The van der Waals surface area contributed by atoms with Crippen LogP contribution in [0, 0.1) is 0 Å². The summed E-state index contributed by atoms with van der Waals surface area (Å²) >= 11 is 0. The molecule has 0 saturated heterocycles. The predicted octanol–water partition coefficient (Wildman–Crippen LogP) is 0.588. The summed E-state index contributed by atoms with van der Waals surface area (Å²) in [5.74, 6) is -0.135. The van der Waals surface area contributed by atoms with E-state index >= 15 is 0 Å². The third-order valence-electron chi connectivity index (χ3n) is 3.58. The van der Waals surface area contributed by atoms with Crippen molar-refractivity contribution >= 4 is 5.91 Å². The van der Waals surface area contributed by atoms with Gasteiger partial charge in [-0.2, -0.15) is 0 Å². The van der Waals surface area contributed by atoms with Crippen molar-refractivity contribution in [1.29, 1.82) is 0 Å². The number of carbonyl (C=O) groups is 1. The molecule has 1 amide bonds. The Morgan fingerprint density at radius 3 is 2.56 bits per heavy atom. The molecule has 0 radical (unpaired) electrons. The molecule has 0 bridgehead atoms. The van der Waals surface area contributed by atoms with Gasteiger partial charge in [0.2, 0.25) is 5.91 Å². The number of amides is 1. The van der Waals surface area contributed by atoms with E-state index in [9.17, 15) is 9.90 Å². The molecule has 1 aliphatic carbocycles. The molecule has 4 N–H and O–H groups in total. The van der Waals surface area contributed by atoms with Gasteiger partial charge >= 0.3 is 0 Å². The van der Waals surface area contributed by atoms with Gasteiger partial charge in [-0.25, -0.2) is 0 Å². The Balaban J connectivity index is 1.91. The summed E-state index contributed by atoms with van der Waals surface area (Å²) < 4.78 is 0. The first-order valence-corrected chi connectivity index (χ1v) is 6.39. The molecule has 4 heteroatoms. The lowest BCUT2D eigenvalue weighted by Gasteiger charge is -2.37. The van der Waals surface area contributed by atoms with Gasteiger partial charge in [0.1, 0.15) is 0 Å². The second-order valence-corrected chi connectivity index (χ2v) is 5.05. The van der Waals surface area contributed by atoms with Crippen LogP contribution in [0.5, 0.6) is 0 Å². The van der Waals surface area contributed by atoms with Gasteiger partial charge in [-0.3, -0.25) is 4.79 Å². The quantitative estimate of drug-likeness (QED) is 0.714. The fourth-order valence-electron chi connectivity index (χ4n) is 2.17. The minimum Gasteiger partial charge on any atom is -0.394 e. The fraction of sp³-hybridized carbons (Fsp3) is 0.500. The first-order chi connectivity index (χ1) is 8.64. The Hall–Kier alpha value is -1.39. The van der Waals surface area contributed by atoms with Crippen molar-refractivity contribution in [3.63, 3.8) is 0 Å². The summed E-state index contributed by atoms with van der Waals surface area (Å²) in [6.07, 6.45) is 3.11. The Kier molecular flexibility index (Phi) is 3.99. The monoisotopic (exact) mass is 248 g/mol. The van der Waals surface area contributed by atoms with Crippen LogP contribution in [0.2, 0.25) is 0 Å². The van der Waals surface area contributed by atoms with Crippen LogP contribution in [0.1, 0.15) is 24.8 Å². The van der Waals surface area contributed by atoms with Crippen molar-refractivity contribution in [3.8, 4) is 0 Å². The number of nitrogens with one attached hydrogen (secondary N) is 1. The molecule has 2 rings (SSSR count). The maximum atomic E-state index is 12.0. The highest BCUT2D eigenvalue weighted by molar-refractivity contribution is 5.87. The van der Waals surface area contributed by atoms with Crippen LogP contribution in [-0.2, 0) is 11.2 Å². The summed E-state index contributed by atoms with van der Waals surface area (Å²) in [7, 11) is 0. The van der Waals surface area contributed by atoms with Crippen molar-refractivity contribution < 1.29 is 9.90 Å². The van der Waals surface area contributed by atoms with Gasteiger partial charge in [-0.15, -0.1) is 0 Å². The van der Waals surface area contributed by atoms with Gasteiger partial charge in [0, 0.05) is 0 Å². The molecule has 1 atom stereocenters. The van der Waals surface area contributed by atoms with E-state index in [1.165, 1.54) is 0 Å². The molecular weight excluding hydrogens is 228 g/mol. The minimum atomic E-state index is -0.704. The summed E-state index contributed by atoms with van der Waals surface area (Å²) in [6, 6.07) is 9.54. The number of hydrogen-bond donors (Lipinski definition) is 3. The van der Waals surface area contributed by atoms with Crippen LogP contribution in [0.3, 0.4) is 0 Å². The average molecular weight is 248 g/mol. The molecular formula is C14H20N2O2. The number of hydrogen-bond acceptors (Lipinski definition) is 3. The Labute approximate surface area is 107 Å². The molecule has 18 heavy (non-hydrogen) atoms. The second kappa shape index (κ2) is 5.50. The molecule has 0 spiro atoms.